The molecule has 2 rings (SSSR count). The predicted molar refractivity (Wildman–Crippen MR) is 69.8 cm³/mol. The zero-order chi connectivity index (χ0) is 14.7. The molecule has 0 saturated heterocycles. The van der Waals surface area contributed by atoms with Crippen molar-refractivity contribution in [1.82, 2.24) is 4.98 Å². The lowest BCUT2D eigenvalue weighted by Gasteiger charge is -2.13. The zero-order valence-corrected chi connectivity index (χ0v) is 10.9. The quantitative estimate of drug-likeness (QED) is 0.623. The van der Waals surface area contributed by atoms with Crippen LogP contribution in [0.4, 0.5) is 11.5 Å². The van der Waals surface area contributed by atoms with Crippen LogP contribution >= 0.6 is 0 Å². The number of ether oxygens (including phenoxy) is 1. The Bertz CT molecular complexity index is 534. The standard InChI is InChI=1S/C12H15N3O5/c1-20-10-5-4-9(15(18)19)11(14-10)13-8-3-2-7(6-8)12(16)17/h4-5,7-8H,2-3,6H2,1H3,(H,13,14)(H,16,17). The Morgan fingerprint density at radius 1 is 1.55 bits per heavy atom. The highest BCUT2D eigenvalue weighted by Gasteiger charge is 2.31. The second kappa shape index (κ2) is 5.72. The monoisotopic (exact) mass is 281 g/mol. The molecule has 0 aliphatic heterocycles. The largest absolute Gasteiger partial charge is 0.481 e. The highest BCUT2D eigenvalue weighted by atomic mass is 16.6. The number of rotatable bonds is 5. The van der Waals surface area contributed by atoms with E-state index in [1.165, 1.54) is 19.2 Å². The van der Waals surface area contributed by atoms with Crippen LogP contribution in [0, 0.1) is 16.0 Å². The minimum atomic E-state index is -0.831. The van der Waals surface area contributed by atoms with Crippen molar-refractivity contribution in [2.75, 3.05) is 12.4 Å². The molecule has 1 aliphatic carbocycles. The molecule has 0 bridgehead atoms. The minimum Gasteiger partial charge on any atom is -0.481 e. The number of carboxylic acids is 1. The van der Waals surface area contributed by atoms with Crippen LogP contribution in [0.1, 0.15) is 19.3 Å². The molecule has 1 heterocycles. The van der Waals surface area contributed by atoms with E-state index in [0.29, 0.717) is 19.3 Å². The first-order chi connectivity index (χ1) is 9.51. The summed E-state index contributed by atoms with van der Waals surface area (Å²) in [6, 6.07) is 2.60. The first-order valence-corrected chi connectivity index (χ1v) is 6.20. The van der Waals surface area contributed by atoms with Gasteiger partial charge in [0.2, 0.25) is 11.7 Å². The number of hydrogen-bond acceptors (Lipinski definition) is 6. The van der Waals surface area contributed by atoms with Gasteiger partial charge in [0, 0.05) is 18.2 Å². The Kier molecular flexibility index (Phi) is 4.02. The van der Waals surface area contributed by atoms with Gasteiger partial charge in [-0.15, -0.1) is 0 Å². The van der Waals surface area contributed by atoms with Gasteiger partial charge in [-0.2, -0.15) is 4.98 Å². The molecule has 1 aliphatic rings. The van der Waals surface area contributed by atoms with E-state index in [2.05, 4.69) is 10.3 Å². The van der Waals surface area contributed by atoms with E-state index in [1.807, 2.05) is 0 Å². The Balaban J connectivity index is 2.16. The van der Waals surface area contributed by atoms with Gasteiger partial charge >= 0.3 is 11.7 Å². The maximum Gasteiger partial charge on any atom is 0.311 e. The first-order valence-electron chi connectivity index (χ1n) is 6.20. The summed E-state index contributed by atoms with van der Waals surface area (Å²) in [5.41, 5.74) is -0.149. The summed E-state index contributed by atoms with van der Waals surface area (Å²) >= 11 is 0. The summed E-state index contributed by atoms with van der Waals surface area (Å²) in [6.07, 6.45) is 1.64. The molecule has 8 nitrogen and oxygen atoms in total. The fourth-order valence-electron chi connectivity index (χ4n) is 2.33. The molecule has 0 radical (unpaired) electrons. The van der Waals surface area contributed by atoms with E-state index in [1.54, 1.807) is 0 Å². The van der Waals surface area contributed by atoms with E-state index in [0.717, 1.165) is 0 Å². The Morgan fingerprint density at radius 3 is 2.85 bits per heavy atom. The summed E-state index contributed by atoms with van der Waals surface area (Å²) in [7, 11) is 1.42. The molecule has 8 heteroatoms. The van der Waals surface area contributed by atoms with Crippen LogP contribution in [0.25, 0.3) is 0 Å². The van der Waals surface area contributed by atoms with Crippen LogP contribution in [0.15, 0.2) is 12.1 Å². The van der Waals surface area contributed by atoms with Gasteiger partial charge in [-0.3, -0.25) is 14.9 Å². The number of pyridine rings is 1. The molecule has 2 N–H and O–H groups in total. The molecule has 108 valence electrons. The molecule has 0 amide bonds. The van der Waals surface area contributed by atoms with Crippen LogP contribution in [0.5, 0.6) is 5.88 Å². The van der Waals surface area contributed by atoms with E-state index >= 15 is 0 Å². The van der Waals surface area contributed by atoms with Crippen molar-refractivity contribution in [2.45, 2.75) is 25.3 Å². The van der Waals surface area contributed by atoms with Crippen LogP contribution in [-0.2, 0) is 4.79 Å². The van der Waals surface area contributed by atoms with Crippen molar-refractivity contribution in [3.8, 4) is 5.88 Å². The number of carbonyl (C=O) groups is 1. The van der Waals surface area contributed by atoms with Crippen LogP contribution in [-0.4, -0.2) is 34.1 Å². The lowest BCUT2D eigenvalue weighted by molar-refractivity contribution is -0.384. The summed E-state index contributed by atoms with van der Waals surface area (Å²) < 4.78 is 4.95. The molecule has 1 aromatic heterocycles. The second-order valence-electron chi connectivity index (χ2n) is 4.67. The predicted octanol–water partition coefficient (Wildman–Crippen LogP) is 1.66. The summed E-state index contributed by atoms with van der Waals surface area (Å²) in [6.45, 7) is 0. The van der Waals surface area contributed by atoms with Gasteiger partial charge in [0.25, 0.3) is 0 Å². The summed E-state index contributed by atoms with van der Waals surface area (Å²) in [4.78, 5) is 25.4. The summed E-state index contributed by atoms with van der Waals surface area (Å²) in [5, 5.41) is 22.9. The Labute approximate surface area is 114 Å². The third kappa shape index (κ3) is 2.95. The van der Waals surface area contributed by atoms with Gasteiger partial charge in [0.15, 0.2) is 0 Å². The van der Waals surface area contributed by atoms with Crippen molar-refractivity contribution in [1.29, 1.82) is 0 Å². The van der Waals surface area contributed by atoms with Crippen molar-refractivity contribution < 1.29 is 19.6 Å². The molecule has 20 heavy (non-hydrogen) atoms. The molecular weight excluding hydrogens is 266 g/mol. The van der Waals surface area contributed by atoms with Gasteiger partial charge in [0.1, 0.15) is 0 Å². The van der Waals surface area contributed by atoms with Gasteiger partial charge < -0.3 is 15.2 Å². The molecule has 1 aromatic rings. The zero-order valence-electron chi connectivity index (χ0n) is 10.9. The minimum absolute atomic E-state index is 0.116. The Hall–Kier alpha value is -2.38. The molecular formula is C12H15N3O5. The van der Waals surface area contributed by atoms with E-state index in [9.17, 15) is 14.9 Å². The smallest absolute Gasteiger partial charge is 0.311 e. The number of hydrogen-bond donors (Lipinski definition) is 2. The van der Waals surface area contributed by atoms with Crippen molar-refractivity contribution in [3.63, 3.8) is 0 Å². The average Bonchev–Trinajstić information content (AvgIpc) is 2.87. The Morgan fingerprint density at radius 2 is 2.30 bits per heavy atom. The van der Waals surface area contributed by atoms with Crippen LogP contribution < -0.4 is 10.1 Å². The number of nitro groups is 1. The van der Waals surface area contributed by atoms with Crippen molar-refractivity contribution in [3.05, 3.63) is 22.2 Å². The lowest BCUT2D eigenvalue weighted by atomic mass is 10.1. The number of aliphatic carboxylic acids is 1. The van der Waals surface area contributed by atoms with Gasteiger partial charge in [-0.05, 0) is 19.3 Å². The maximum atomic E-state index is 11.0. The van der Waals surface area contributed by atoms with E-state index < -0.39 is 16.8 Å². The van der Waals surface area contributed by atoms with Gasteiger partial charge in [-0.1, -0.05) is 0 Å². The highest BCUT2D eigenvalue weighted by molar-refractivity contribution is 5.70. The number of aromatic nitrogens is 1. The van der Waals surface area contributed by atoms with Gasteiger partial charge in [0.05, 0.1) is 18.0 Å². The fraction of sp³-hybridized carbons (Fsp3) is 0.500. The number of nitrogens with one attached hydrogen (secondary N) is 1. The molecule has 2 unspecified atom stereocenters. The number of carboxylic acid groups (broad SMARTS) is 1. The second-order valence-corrected chi connectivity index (χ2v) is 4.67. The molecule has 0 spiro atoms. The topological polar surface area (TPSA) is 115 Å². The number of anilines is 1. The van der Waals surface area contributed by atoms with Crippen molar-refractivity contribution >= 4 is 17.5 Å². The molecule has 0 aromatic carbocycles. The third-order valence-electron chi connectivity index (χ3n) is 3.38. The normalized spacial score (nSPS) is 21.4. The maximum absolute atomic E-state index is 11.0. The molecule has 2 atom stereocenters. The van der Waals surface area contributed by atoms with Crippen LogP contribution in [0.2, 0.25) is 0 Å². The first kappa shape index (κ1) is 14.0. The average molecular weight is 281 g/mol. The highest BCUT2D eigenvalue weighted by Crippen LogP contribution is 2.31. The lowest BCUT2D eigenvalue weighted by Crippen LogP contribution is -2.19. The van der Waals surface area contributed by atoms with Crippen LogP contribution in [0.3, 0.4) is 0 Å². The van der Waals surface area contributed by atoms with Crippen molar-refractivity contribution in [2.24, 2.45) is 5.92 Å². The number of methoxy groups -OCH3 is 1. The summed E-state index contributed by atoms with van der Waals surface area (Å²) in [5.74, 6) is -0.851. The SMILES string of the molecule is COc1ccc([N+](=O)[O-])c(NC2CCC(C(=O)O)C2)n1. The fourth-order valence-corrected chi connectivity index (χ4v) is 2.33. The van der Waals surface area contributed by atoms with E-state index in [4.69, 9.17) is 9.84 Å². The molecule has 1 fully saturated rings. The van der Waals surface area contributed by atoms with E-state index in [-0.39, 0.29) is 23.4 Å². The number of nitrogens with zero attached hydrogens (tertiary/aromatic N) is 2. The third-order valence-corrected chi connectivity index (χ3v) is 3.38. The van der Waals surface area contributed by atoms with Gasteiger partial charge in [-0.25, -0.2) is 0 Å². The molecule has 1 saturated carbocycles.